The van der Waals surface area contributed by atoms with Crippen LogP contribution in [-0.4, -0.2) is 36.0 Å². The van der Waals surface area contributed by atoms with Crippen molar-refractivity contribution in [3.05, 3.63) is 76.8 Å². The summed E-state index contributed by atoms with van der Waals surface area (Å²) in [5.41, 5.74) is 9.49. The first-order chi connectivity index (χ1) is 15.9. The zero-order chi connectivity index (χ0) is 23.8. The Morgan fingerprint density at radius 3 is 2.61 bits per heavy atom. The third kappa shape index (κ3) is 6.90. The van der Waals surface area contributed by atoms with Crippen molar-refractivity contribution >= 4 is 52.8 Å². The number of phenolic OH excluding ortho intramolecular Hbond substituents is 1. The first-order valence-corrected chi connectivity index (χ1v) is 11.0. The molecule has 3 aromatic rings. The molecular weight excluding hydrogens is 464 g/mol. The molecule has 0 atom stereocenters. The molecule has 0 aliphatic rings. The second kappa shape index (κ2) is 11.3. The van der Waals surface area contributed by atoms with Crippen molar-refractivity contribution < 1.29 is 19.4 Å². The monoisotopic (exact) mass is 484 g/mol. The van der Waals surface area contributed by atoms with E-state index < -0.39 is 5.91 Å². The van der Waals surface area contributed by atoms with Crippen LogP contribution in [0.4, 0.5) is 11.4 Å². The number of halogens is 1. The number of rotatable bonds is 8. The van der Waals surface area contributed by atoms with Gasteiger partial charge in [-0.05, 0) is 54.6 Å². The first-order valence-electron chi connectivity index (χ1n) is 9.64. The molecule has 5 N–H and O–H groups in total. The van der Waals surface area contributed by atoms with Crippen molar-refractivity contribution in [1.29, 1.82) is 0 Å². The van der Waals surface area contributed by atoms with Gasteiger partial charge in [-0.3, -0.25) is 9.59 Å². The van der Waals surface area contributed by atoms with Crippen molar-refractivity contribution in [2.45, 2.75) is 4.90 Å². The minimum atomic E-state index is -0.487. The van der Waals surface area contributed by atoms with Gasteiger partial charge in [-0.15, -0.1) is 11.8 Å². The summed E-state index contributed by atoms with van der Waals surface area (Å²) >= 11 is 7.26. The van der Waals surface area contributed by atoms with E-state index in [1.54, 1.807) is 30.3 Å². The lowest BCUT2D eigenvalue weighted by molar-refractivity contribution is -0.113. The lowest BCUT2D eigenvalue weighted by atomic mass is 10.2. The molecule has 3 rings (SSSR count). The summed E-state index contributed by atoms with van der Waals surface area (Å²) < 4.78 is 5.36. The summed E-state index contributed by atoms with van der Waals surface area (Å²) in [5, 5.41) is 16.8. The van der Waals surface area contributed by atoms with Crippen LogP contribution in [-0.2, 0) is 4.79 Å². The van der Waals surface area contributed by atoms with Gasteiger partial charge in [0.2, 0.25) is 5.91 Å². The summed E-state index contributed by atoms with van der Waals surface area (Å²) in [6.45, 7) is 0. The number of phenols is 1. The van der Waals surface area contributed by atoms with Gasteiger partial charge in [-0.2, -0.15) is 5.10 Å². The molecule has 10 heteroatoms. The summed E-state index contributed by atoms with van der Waals surface area (Å²) in [7, 11) is 1.49. The number of nitrogen functional groups attached to an aromatic ring is 1. The Hall–Kier alpha value is -3.69. The maximum Gasteiger partial charge on any atom is 0.271 e. The Balaban J connectivity index is 1.58. The quantitative estimate of drug-likeness (QED) is 0.125. The molecule has 170 valence electrons. The van der Waals surface area contributed by atoms with Gasteiger partial charge in [0.25, 0.3) is 5.91 Å². The van der Waals surface area contributed by atoms with Crippen molar-refractivity contribution in [3.8, 4) is 11.5 Å². The van der Waals surface area contributed by atoms with Gasteiger partial charge in [0.1, 0.15) is 11.5 Å². The lowest BCUT2D eigenvalue weighted by Crippen LogP contribution is -2.17. The normalized spacial score (nSPS) is 10.7. The number of ether oxygens (including phenoxy) is 1. The van der Waals surface area contributed by atoms with Crippen molar-refractivity contribution in [3.63, 3.8) is 0 Å². The molecule has 0 fully saturated rings. The van der Waals surface area contributed by atoms with E-state index in [-0.39, 0.29) is 28.7 Å². The number of amides is 2. The highest BCUT2D eigenvalue weighted by atomic mass is 35.5. The van der Waals surface area contributed by atoms with Crippen molar-refractivity contribution in [2.75, 3.05) is 23.9 Å². The number of thioether (sulfide) groups is 1. The van der Waals surface area contributed by atoms with E-state index in [4.69, 9.17) is 22.1 Å². The molecule has 0 heterocycles. The largest absolute Gasteiger partial charge is 0.506 e. The zero-order valence-corrected chi connectivity index (χ0v) is 19.1. The molecule has 0 saturated carbocycles. The van der Waals surface area contributed by atoms with E-state index in [1.165, 1.54) is 43.3 Å². The number of aromatic hydroxyl groups is 1. The number of nitrogens with zero attached hydrogens (tertiary/aromatic N) is 1. The fourth-order valence-corrected chi connectivity index (χ4v) is 3.52. The zero-order valence-electron chi connectivity index (χ0n) is 17.5. The fourth-order valence-electron chi connectivity index (χ4n) is 2.69. The molecule has 0 bridgehead atoms. The second-order valence-corrected chi connectivity index (χ2v) is 8.21. The number of nitrogens with two attached hydrogens (primary N) is 1. The third-order valence-corrected chi connectivity index (χ3v) is 5.62. The molecule has 0 aromatic heterocycles. The number of benzene rings is 3. The van der Waals surface area contributed by atoms with Crippen LogP contribution in [0.15, 0.2) is 70.7 Å². The minimum absolute atomic E-state index is 0.0949. The average Bonchev–Trinajstić information content (AvgIpc) is 2.81. The van der Waals surface area contributed by atoms with Gasteiger partial charge in [0, 0.05) is 32.8 Å². The summed E-state index contributed by atoms with van der Waals surface area (Å²) in [6.07, 6.45) is 1.42. The van der Waals surface area contributed by atoms with Gasteiger partial charge < -0.3 is 20.9 Å². The topological polar surface area (TPSA) is 126 Å². The highest BCUT2D eigenvalue weighted by Crippen LogP contribution is 2.24. The van der Waals surface area contributed by atoms with Crippen LogP contribution in [0.5, 0.6) is 11.5 Å². The Morgan fingerprint density at radius 1 is 1.15 bits per heavy atom. The van der Waals surface area contributed by atoms with Gasteiger partial charge in [-0.1, -0.05) is 11.6 Å². The fraction of sp³-hybridized carbons (Fsp3) is 0.0870. The lowest BCUT2D eigenvalue weighted by Gasteiger charge is -2.09. The molecule has 0 radical (unpaired) electrons. The predicted octanol–water partition coefficient (Wildman–Crippen LogP) is 4.13. The molecule has 8 nitrogen and oxygen atoms in total. The second-order valence-electron chi connectivity index (χ2n) is 6.72. The van der Waals surface area contributed by atoms with Crippen LogP contribution < -0.4 is 21.2 Å². The smallest absolute Gasteiger partial charge is 0.271 e. The van der Waals surface area contributed by atoms with Gasteiger partial charge in [-0.25, -0.2) is 5.43 Å². The number of carbonyl (C=O) groups is 2. The van der Waals surface area contributed by atoms with Gasteiger partial charge in [0.15, 0.2) is 0 Å². The number of hydrogen-bond donors (Lipinski definition) is 4. The summed E-state index contributed by atoms with van der Waals surface area (Å²) in [4.78, 5) is 25.4. The molecule has 0 spiro atoms. The van der Waals surface area contributed by atoms with Crippen LogP contribution in [0.3, 0.4) is 0 Å². The highest BCUT2D eigenvalue weighted by Gasteiger charge is 2.09. The first kappa shape index (κ1) is 24.0. The van der Waals surface area contributed by atoms with E-state index in [9.17, 15) is 14.7 Å². The molecule has 2 amide bonds. The Morgan fingerprint density at radius 2 is 1.91 bits per heavy atom. The molecule has 0 unspecified atom stereocenters. The van der Waals surface area contributed by atoms with E-state index in [0.717, 1.165) is 4.90 Å². The molecule has 0 aliphatic heterocycles. The number of hydrazone groups is 1. The van der Waals surface area contributed by atoms with Crippen LogP contribution in [0, 0.1) is 0 Å². The maximum atomic E-state index is 12.3. The van der Waals surface area contributed by atoms with E-state index in [2.05, 4.69) is 15.8 Å². The maximum absolute atomic E-state index is 12.3. The molecular formula is C23H21ClN4O4S. The number of hydrogen-bond acceptors (Lipinski definition) is 7. The third-order valence-electron chi connectivity index (χ3n) is 4.36. The number of anilines is 2. The van der Waals surface area contributed by atoms with Crippen molar-refractivity contribution in [1.82, 2.24) is 5.43 Å². The van der Waals surface area contributed by atoms with Gasteiger partial charge >= 0.3 is 0 Å². The molecule has 0 aliphatic carbocycles. The van der Waals surface area contributed by atoms with E-state index >= 15 is 0 Å². The highest BCUT2D eigenvalue weighted by molar-refractivity contribution is 8.00. The Bertz CT molecular complexity index is 1190. The van der Waals surface area contributed by atoms with E-state index in [1.807, 2.05) is 12.1 Å². The minimum Gasteiger partial charge on any atom is -0.506 e. The molecule has 33 heavy (non-hydrogen) atoms. The number of nitrogens with one attached hydrogen (secondary N) is 2. The SMILES string of the molecule is COc1cc(NC(=O)CSc2ccc(Cl)cc2)ccc1/C=N/NC(=O)c1ccc(O)c(N)c1. The van der Waals surface area contributed by atoms with E-state index in [0.29, 0.717) is 22.0 Å². The molecule has 0 saturated heterocycles. The van der Waals surface area contributed by atoms with Crippen molar-refractivity contribution in [2.24, 2.45) is 5.10 Å². The Labute approximate surface area is 199 Å². The van der Waals surface area contributed by atoms with Gasteiger partial charge in [0.05, 0.1) is 24.8 Å². The number of carbonyl (C=O) groups excluding carboxylic acids is 2. The average molecular weight is 485 g/mol. The predicted molar refractivity (Wildman–Crippen MR) is 131 cm³/mol. The summed E-state index contributed by atoms with van der Waals surface area (Å²) in [6, 6.07) is 16.4. The van der Waals surface area contributed by atoms with Crippen LogP contribution >= 0.6 is 23.4 Å². The van der Waals surface area contributed by atoms with Crippen LogP contribution in [0.2, 0.25) is 5.02 Å². The van der Waals surface area contributed by atoms with Crippen LogP contribution in [0.1, 0.15) is 15.9 Å². The summed E-state index contributed by atoms with van der Waals surface area (Å²) in [5.74, 6) is -0.0561. The standard InChI is InChI=1S/C23H21ClN4O4S/c1-32-21-11-17(27-22(30)13-33-18-7-4-16(24)5-8-18)6-2-15(21)12-26-28-23(31)14-3-9-20(29)19(25)10-14/h2-12,29H,13,25H2,1H3,(H,27,30)(H,28,31)/b26-12+. The number of methoxy groups -OCH3 is 1. The Kier molecular flexibility index (Phi) is 8.17. The van der Waals surface area contributed by atoms with Crippen LogP contribution in [0.25, 0.3) is 0 Å². The molecule has 3 aromatic carbocycles.